The molecule has 0 unspecified atom stereocenters. The molecule has 5 nitrogen and oxygen atoms in total. The fourth-order valence-electron chi connectivity index (χ4n) is 3.34. The zero-order valence-corrected chi connectivity index (χ0v) is 21.3. The Balaban J connectivity index is 1.47. The van der Waals surface area contributed by atoms with Crippen molar-refractivity contribution in [2.45, 2.75) is 18.5 Å². The first-order chi connectivity index (χ1) is 16.4. The normalized spacial score (nSPS) is 10.9. The number of carbonyl (C=O) groups excluding carboxylic acids is 1. The van der Waals surface area contributed by atoms with Crippen LogP contribution in [0.3, 0.4) is 0 Å². The number of nitrogens with zero attached hydrogens (tertiary/aromatic N) is 3. The Morgan fingerprint density at radius 2 is 1.74 bits per heavy atom. The summed E-state index contributed by atoms with van der Waals surface area (Å²) >= 11 is 19.7. The number of carbonyl (C=O) groups is 1. The molecule has 9 heteroatoms. The third kappa shape index (κ3) is 6.13. The minimum atomic E-state index is -0.104. The number of halogens is 3. The fourth-order valence-corrected chi connectivity index (χ4v) is 4.81. The number of aryl methyl sites for hydroxylation is 1. The Labute approximate surface area is 217 Å². The van der Waals surface area contributed by atoms with Gasteiger partial charge in [0.2, 0.25) is 5.91 Å². The average molecular weight is 532 g/mol. The van der Waals surface area contributed by atoms with Crippen LogP contribution in [0.25, 0.3) is 17.1 Å². The quantitative estimate of drug-likeness (QED) is 0.258. The molecule has 4 aromatic rings. The van der Waals surface area contributed by atoms with Crippen LogP contribution in [0.1, 0.15) is 11.1 Å². The van der Waals surface area contributed by atoms with E-state index in [2.05, 4.69) is 15.5 Å². The molecular weight excluding hydrogens is 511 g/mol. The predicted octanol–water partition coefficient (Wildman–Crippen LogP) is 6.65. The van der Waals surface area contributed by atoms with Crippen LogP contribution in [0, 0.1) is 6.92 Å². The number of benzene rings is 3. The topological polar surface area (TPSA) is 59.8 Å². The second-order valence-corrected chi connectivity index (χ2v) is 9.83. The van der Waals surface area contributed by atoms with Crippen molar-refractivity contribution in [2.24, 2.45) is 0 Å². The molecule has 0 aliphatic rings. The van der Waals surface area contributed by atoms with E-state index in [9.17, 15) is 4.79 Å². The van der Waals surface area contributed by atoms with E-state index < -0.39 is 0 Å². The first kappa shape index (κ1) is 24.6. The van der Waals surface area contributed by atoms with Crippen molar-refractivity contribution in [2.75, 3.05) is 12.3 Å². The van der Waals surface area contributed by atoms with E-state index in [1.807, 2.05) is 66.1 Å². The maximum Gasteiger partial charge on any atom is 0.230 e. The Hall–Kier alpha value is -2.51. The SMILES string of the molecule is Cc1ccc(-c2nnc(SCC(=O)NCCc3ccc(Cl)cc3Cl)n2-c2cccc(Cl)c2)cc1. The molecule has 1 aromatic heterocycles. The van der Waals surface area contributed by atoms with Crippen molar-refractivity contribution in [3.8, 4) is 17.1 Å². The highest BCUT2D eigenvalue weighted by Crippen LogP contribution is 2.29. The van der Waals surface area contributed by atoms with Gasteiger partial charge in [-0.25, -0.2) is 0 Å². The Kier molecular flexibility index (Phi) is 8.16. The van der Waals surface area contributed by atoms with Gasteiger partial charge in [0.05, 0.1) is 11.4 Å². The van der Waals surface area contributed by atoms with Crippen LogP contribution < -0.4 is 5.32 Å². The molecule has 1 heterocycles. The van der Waals surface area contributed by atoms with Gasteiger partial charge in [0.15, 0.2) is 11.0 Å². The fraction of sp³-hybridized carbons (Fsp3) is 0.160. The van der Waals surface area contributed by atoms with Gasteiger partial charge in [0.1, 0.15) is 0 Å². The molecule has 174 valence electrons. The van der Waals surface area contributed by atoms with E-state index in [1.54, 1.807) is 12.1 Å². The maximum absolute atomic E-state index is 12.5. The van der Waals surface area contributed by atoms with Crippen molar-refractivity contribution >= 4 is 52.5 Å². The summed E-state index contributed by atoms with van der Waals surface area (Å²) in [6.07, 6.45) is 0.614. The molecule has 0 saturated heterocycles. The zero-order chi connectivity index (χ0) is 24.1. The molecule has 0 saturated carbocycles. The molecular formula is C25H21Cl3N4OS. The van der Waals surface area contributed by atoms with Crippen LogP contribution in [0.4, 0.5) is 0 Å². The molecule has 34 heavy (non-hydrogen) atoms. The number of amides is 1. The van der Waals surface area contributed by atoms with Crippen LogP contribution in [-0.2, 0) is 11.2 Å². The van der Waals surface area contributed by atoms with E-state index in [-0.39, 0.29) is 11.7 Å². The van der Waals surface area contributed by atoms with Crippen LogP contribution in [0.2, 0.25) is 15.1 Å². The standard InChI is InChI=1S/C25H21Cl3N4OS/c1-16-5-7-18(8-6-16)24-30-31-25(32(24)21-4-2-3-19(26)13-21)34-15-23(33)29-12-11-17-9-10-20(27)14-22(17)28/h2-10,13-14H,11-12,15H2,1H3,(H,29,33). The summed E-state index contributed by atoms with van der Waals surface area (Å²) in [7, 11) is 0. The number of thioether (sulfide) groups is 1. The maximum atomic E-state index is 12.5. The van der Waals surface area contributed by atoms with Gasteiger partial charge in [-0.15, -0.1) is 10.2 Å². The van der Waals surface area contributed by atoms with Crippen LogP contribution in [0.5, 0.6) is 0 Å². The molecule has 0 radical (unpaired) electrons. The number of rotatable bonds is 8. The minimum Gasteiger partial charge on any atom is -0.355 e. The van der Waals surface area contributed by atoms with Gasteiger partial charge >= 0.3 is 0 Å². The lowest BCUT2D eigenvalue weighted by Crippen LogP contribution is -2.27. The molecule has 1 amide bonds. The van der Waals surface area contributed by atoms with Crippen molar-refractivity contribution in [1.29, 1.82) is 0 Å². The molecule has 4 rings (SSSR count). The number of aromatic nitrogens is 3. The monoisotopic (exact) mass is 530 g/mol. The summed E-state index contributed by atoms with van der Waals surface area (Å²) in [6, 6.07) is 20.9. The third-order valence-electron chi connectivity index (χ3n) is 5.07. The first-order valence-corrected chi connectivity index (χ1v) is 12.6. The van der Waals surface area contributed by atoms with E-state index >= 15 is 0 Å². The molecule has 0 bridgehead atoms. The average Bonchev–Trinajstić information content (AvgIpc) is 3.23. The van der Waals surface area contributed by atoms with Crippen molar-refractivity contribution < 1.29 is 4.79 Å². The summed E-state index contributed by atoms with van der Waals surface area (Å²) in [6.45, 7) is 2.50. The van der Waals surface area contributed by atoms with E-state index in [0.717, 1.165) is 22.4 Å². The molecule has 0 aliphatic heterocycles. The van der Waals surface area contributed by atoms with Gasteiger partial charge in [0, 0.05) is 27.2 Å². The second kappa shape index (κ2) is 11.3. The van der Waals surface area contributed by atoms with Gasteiger partial charge in [-0.3, -0.25) is 9.36 Å². The van der Waals surface area contributed by atoms with Gasteiger partial charge in [0.25, 0.3) is 0 Å². The molecule has 1 N–H and O–H groups in total. The lowest BCUT2D eigenvalue weighted by atomic mass is 10.1. The summed E-state index contributed by atoms with van der Waals surface area (Å²) in [5.41, 5.74) is 3.84. The lowest BCUT2D eigenvalue weighted by molar-refractivity contribution is -0.118. The minimum absolute atomic E-state index is 0.104. The number of nitrogens with one attached hydrogen (secondary N) is 1. The van der Waals surface area contributed by atoms with Crippen molar-refractivity contribution in [3.63, 3.8) is 0 Å². The van der Waals surface area contributed by atoms with Gasteiger partial charge in [-0.2, -0.15) is 0 Å². The largest absolute Gasteiger partial charge is 0.355 e. The Morgan fingerprint density at radius 1 is 0.971 bits per heavy atom. The Bertz CT molecular complexity index is 1310. The van der Waals surface area contributed by atoms with E-state index in [1.165, 1.54) is 11.8 Å². The summed E-state index contributed by atoms with van der Waals surface area (Å²) in [4.78, 5) is 12.5. The first-order valence-electron chi connectivity index (χ1n) is 10.5. The number of hydrogen-bond acceptors (Lipinski definition) is 4. The molecule has 0 spiro atoms. The zero-order valence-electron chi connectivity index (χ0n) is 18.3. The van der Waals surface area contributed by atoms with E-state index in [4.69, 9.17) is 34.8 Å². The highest BCUT2D eigenvalue weighted by molar-refractivity contribution is 7.99. The molecule has 0 atom stereocenters. The summed E-state index contributed by atoms with van der Waals surface area (Å²) in [5, 5.41) is 14.1. The summed E-state index contributed by atoms with van der Waals surface area (Å²) in [5.74, 6) is 0.774. The van der Waals surface area contributed by atoms with Gasteiger partial charge in [-0.05, 0) is 49.2 Å². The lowest BCUT2D eigenvalue weighted by Gasteiger charge is -2.11. The van der Waals surface area contributed by atoms with Crippen molar-refractivity contribution in [3.05, 3.63) is 92.9 Å². The van der Waals surface area contributed by atoms with Crippen LogP contribution in [-0.4, -0.2) is 33.0 Å². The highest BCUT2D eigenvalue weighted by atomic mass is 35.5. The number of hydrogen-bond donors (Lipinski definition) is 1. The van der Waals surface area contributed by atoms with E-state index in [0.29, 0.717) is 39.0 Å². The molecule has 0 fully saturated rings. The summed E-state index contributed by atoms with van der Waals surface area (Å²) < 4.78 is 1.92. The van der Waals surface area contributed by atoms with Crippen LogP contribution >= 0.6 is 46.6 Å². The van der Waals surface area contributed by atoms with Gasteiger partial charge in [-0.1, -0.05) is 88.5 Å². The predicted molar refractivity (Wildman–Crippen MR) is 140 cm³/mol. The van der Waals surface area contributed by atoms with Gasteiger partial charge < -0.3 is 5.32 Å². The van der Waals surface area contributed by atoms with Crippen LogP contribution in [0.15, 0.2) is 71.9 Å². The van der Waals surface area contributed by atoms with Crippen molar-refractivity contribution in [1.82, 2.24) is 20.1 Å². The molecule has 0 aliphatic carbocycles. The smallest absolute Gasteiger partial charge is 0.230 e. The highest BCUT2D eigenvalue weighted by Gasteiger charge is 2.17. The molecule has 3 aromatic carbocycles. The second-order valence-electron chi connectivity index (χ2n) is 7.61. The third-order valence-corrected chi connectivity index (χ3v) is 6.82. The Morgan fingerprint density at radius 3 is 2.47 bits per heavy atom.